The summed E-state index contributed by atoms with van der Waals surface area (Å²) in [6, 6.07) is 2.31. The van der Waals surface area contributed by atoms with Gasteiger partial charge >= 0.3 is 0 Å². The number of furan rings is 1. The lowest BCUT2D eigenvalue weighted by Crippen LogP contribution is -2.43. The molecule has 1 fully saturated rings. The van der Waals surface area contributed by atoms with Crippen molar-refractivity contribution in [1.82, 2.24) is 4.90 Å². The van der Waals surface area contributed by atoms with Gasteiger partial charge in [0.25, 0.3) is 0 Å². The molecule has 0 saturated carbocycles. The van der Waals surface area contributed by atoms with Crippen LogP contribution >= 0.6 is 15.9 Å². The number of likely N-dealkylation sites (tertiary alicyclic amines) is 1. The second-order valence-electron chi connectivity index (χ2n) is 3.86. The van der Waals surface area contributed by atoms with Gasteiger partial charge in [-0.05, 0) is 48.4 Å². The first-order chi connectivity index (χ1) is 6.70. The van der Waals surface area contributed by atoms with Gasteiger partial charge < -0.3 is 10.2 Å². The zero-order chi connectivity index (χ0) is 10.1. The Morgan fingerprint density at radius 3 is 3.00 bits per heavy atom. The van der Waals surface area contributed by atoms with Crippen molar-refractivity contribution in [2.75, 3.05) is 13.6 Å². The van der Waals surface area contributed by atoms with Crippen molar-refractivity contribution in [3.8, 4) is 0 Å². The minimum Gasteiger partial charge on any atom is -0.466 e. The van der Waals surface area contributed by atoms with E-state index >= 15 is 0 Å². The van der Waals surface area contributed by atoms with E-state index in [4.69, 9.17) is 10.2 Å². The Balaban J connectivity index is 2.26. The van der Waals surface area contributed by atoms with E-state index in [9.17, 15) is 0 Å². The van der Waals surface area contributed by atoms with Crippen LogP contribution in [0.4, 0.5) is 0 Å². The highest BCUT2D eigenvalue weighted by molar-refractivity contribution is 9.10. The first-order valence-electron chi connectivity index (χ1n) is 4.89. The highest BCUT2D eigenvalue weighted by Crippen LogP contribution is 2.33. The summed E-state index contributed by atoms with van der Waals surface area (Å²) in [4.78, 5) is 2.26. The van der Waals surface area contributed by atoms with Gasteiger partial charge in [-0.1, -0.05) is 0 Å². The smallest absolute Gasteiger partial charge is 0.136 e. The molecule has 0 radical (unpaired) electrons. The number of nitrogens with two attached hydrogens (primary N) is 1. The summed E-state index contributed by atoms with van der Waals surface area (Å²) in [5.74, 6) is 0.958. The number of likely N-dealkylation sites (N-methyl/N-ethyl adjacent to an activating group) is 1. The molecule has 2 atom stereocenters. The normalized spacial score (nSPS) is 29.4. The lowest BCUT2D eigenvalue weighted by atomic mass is 9.96. The molecule has 0 bridgehead atoms. The average Bonchev–Trinajstić information content (AvgIpc) is 2.52. The molecule has 0 spiro atoms. The number of hydrogen-bond donors (Lipinski definition) is 1. The molecule has 2 N–H and O–H groups in total. The van der Waals surface area contributed by atoms with Crippen LogP contribution in [-0.2, 0) is 0 Å². The van der Waals surface area contributed by atoms with E-state index in [1.54, 1.807) is 6.26 Å². The van der Waals surface area contributed by atoms with Crippen molar-refractivity contribution in [3.05, 3.63) is 22.6 Å². The molecule has 2 heterocycles. The number of hydrogen-bond acceptors (Lipinski definition) is 3. The molecule has 1 aliphatic heterocycles. The monoisotopic (exact) mass is 258 g/mol. The molecular weight excluding hydrogens is 244 g/mol. The van der Waals surface area contributed by atoms with Crippen LogP contribution < -0.4 is 5.73 Å². The van der Waals surface area contributed by atoms with Crippen molar-refractivity contribution >= 4 is 15.9 Å². The number of halogens is 1. The van der Waals surface area contributed by atoms with Crippen LogP contribution in [0.25, 0.3) is 0 Å². The van der Waals surface area contributed by atoms with Gasteiger partial charge in [-0.2, -0.15) is 0 Å². The summed E-state index contributed by atoms with van der Waals surface area (Å²) in [6.07, 6.45) is 3.95. The molecule has 3 nitrogen and oxygen atoms in total. The van der Waals surface area contributed by atoms with E-state index in [1.807, 2.05) is 6.07 Å². The molecule has 2 unspecified atom stereocenters. The van der Waals surface area contributed by atoms with Crippen LogP contribution in [0.3, 0.4) is 0 Å². The fourth-order valence-electron chi connectivity index (χ4n) is 2.11. The van der Waals surface area contributed by atoms with Crippen LogP contribution in [0, 0.1) is 0 Å². The number of rotatable bonds is 1. The van der Waals surface area contributed by atoms with E-state index in [1.165, 1.54) is 6.42 Å². The van der Waals surface area contributed by atoms with Gasteiger partial charge in [0.2, 0.25) is 0 Å². The Hall–Kier alpha value is -0.320. The van der Waals surface area contributed by atoms with Crippen molar-refractivity contribution in [2.24, 2.45) is 5.73 Å². The highest BCUT2D eigenvalue weighted by Gasteiger charge is 2.31. The van der Waals surface area contributed by atoms with Gasteiger partial charge in [0.15, 0.2) is 0 Å². The summed E-state index contributed by atoms with van der Waals surface area (Å²) in [5, 5.41) is 0. The minimum atomic E-state index is 0.177. The Kier molecular flexibility index (Phi) is 2.95. The Morgan fingerprint density at radius 2 is 2.43 bits per heavy atom. The first-order valence-corrected chi connectivity index (χ1v) is 5.68. The molecule has 0 aliphatic carbocycles. The maximum absolute atomic E-state index is 6.11. The van der Waals surface area contributed by atoms with Crippen molar-refractivity contribution in [3.63, 3.8) is 0 Å². The third kappa shape index (κ3) is 1.74. The summed E-state index contributed by atoms with van der Waals surface area (Å²) in [5.41, 5.74) is 6.11. The summed E-state index contributed by atoms with van der Waals surface area (Å²) < 4.78 is 6.50. The molecular formula is C10H15BrN2O. The maximum atomic E-state index is 6.11. The van der Waals surface area contributed by atoms with Crippen LogP contribution in [-0.4, -0.2) is 24.5 Å². The van der Waals surface area contributed by atoms with E-state index in [2.05, 4.69) is 27.9 Å². The third-order valence-electron chi connectivity index (χ3n) is 2.84. The molecule has 1 saturated heterocycles. The van der Waals surface area contributed by atoms with Gasteiger partial charge in [0, 0.05) is 6.04 Å². The van der Waals surface area contributed by atoms with Gasteiger partial charge in [0.05, 0.1) is 16.8 Å². The molecule has 0 aromatic carbocycles. The van der Waals surface area contributed by atoms with Gasteiger partial charge in [-0.25, -0.2) is 0 Å². The number of piperidine rings is 1. The lowest BCUT2D eigenvalue weighted by Gasteiger charge is -2.36. The summed E-state index contributed by atoms with van der Waals surface area (Å²) in [7, 11) is 2.10. The minimum absolute atomic E-state index is 0.177. The molecule has 0 amide bonds. The molecule has 1 aromatic rings. The molecule has 1 aliphatic rings. The molecule has 14 heavy (non-hydrogen) atoms. The van der Waals surface area contributed by atoms with Crippen LogP contribution in [0.2, 0.25) is 0 Å². The summed E-state index contributed by atoms with van der Waals surface area (Å²) >= 11 is 3.48. The molecule has 2 rings (SSSR count). The van der Waals surface area contributed by atoms with E-state index in [0.29, 0.717) is 0 Å². The fourth-order valence-corrected chi connectivity index (χ4v) is 2.55. The van der Waals surface area contributed by atoms with Crippen molar-refractivity contribution < 1.29 is 4.42 Å². The molecule has 1 aromatic heterocycles. The Morgan fingerprint density at radius 1 is 1.64 bits per heavy atom. The van der Waals surface area contributed by atoms with Crippen molar-refractivity contribution in [1.29, 1.82) is 0 Å². The van der Waals surface area contributed by atoms with Crippen LogP contribution in [0.5, 0.6) is 0 Å². The second-order valence-corrected chi connectivity index (χ2v) is 4.72. The number of nitrogens with zero attached hydrogens (tertiary/aromatic N) is 1. The Labute approximate surface area is 92.4 Å². The standard InChI is InChI=1S/C10H15BrN2O/c1-13-5-2-3-8(12)9(13)10-7(11)4-6-14-10/h4,6,8-9H,2-3,5,12H2,1H3. The van der Waals surface area contributed by atoms with Gasteiger partial charge in [-0.3, -0.25) is 4.90 Å². The zero-order valence-corrected chi connectivity index (χ0v) is 9.83. The first kappa shape index (κ1) is 10.2. The predicted octanol–water partition coefficient (Wildman–Crippen LogP) is 2.14. The van der Waals surface area contributed by atoms with E-state index in [-0.39, 0.29) is 12.1 Å². The Bertz CT molecular complexity index is 303. The van der Waals surface area contributed by atoms with Gasteiger partial charge in [0.1, 0.15) is 5.76 Å². The molecule has 78 valence electrons. The quantitative estimate of drug-likeness (QED) is 0.840. The zero-order valence-electron chi connectivity index (χ0n) is 8.24. The van der Waals surface area contributed by atoms with Gasteiger partial charge in [-0.15, -0.1) is 0 Å². The topological polar surface area (TPSA) is 42.4 Å². The lowest BCUT2D eigenvalue weighted by molar-refractivity contribution is 0.141. The largest absolute Gasteiger partial charge is 0.466 e. The molecule has 4 heteroatoms. The third-order valence-corrected chi connectivity index (χ3v) is 3.50. The van der Waals surface area contributed by atoms with Crippen LogP contribution in [0.15, 0.2) is 21.2 Å². The average molecular weight is 259 g/mol. The SMILES string of the molecule is CN1CCCC(N)C1c1occc1Br. The van der Waals surface area contributed by atoms with E-state index < -0.39 is 0 Å². The maximum Gasteiger partial charge on any atom is 0.136 e. The highest BCUT2D eigenvalue weighted by atomic mass is 79.9. The van der Waals surface area contributed by atoms with E-state index in [0.717, 1.165) is 23.2 Å². The van der Waals surface area contributed by atoms with Crippen LogP contribution in [0.1, 0.15) is 24.6 Å². The van der Waals surface area contributed by atoms with Crippen molar-refractivity contribution in [2.45, 2.75) is 24.9 Å². The second kappa shape index (κ2) is 4.04. The fraction of sp³-hybridized carbons (Fsp3) is 0.600. The predicted molar refractivity (Wildman–Crippen MR) is 59.0 cm³/mol. The summed E-state index contributed by atoms with van der Waals surface area (Å²) in [6.45, 7) is 1.09.